The molecule has 6 nitrogen and oxygen atoms in total. The van der Waals surface area contributed by atoms with Crippen LogP contribution in [0.25, 0.3) is 0 Å². The van der Waals surface area contributed by atoms with Crippen molar-refractivity contribution in [2.45, 2.75) is 20.4 Å². The van der Waals surface area contributed by atoms with Crippen LogP contribution in [-0.2, 0) is 16.1 Å². The van der Waals surface area contributed by atoms with E-state index in [1.54, 1.807) is 38.1 Å². The standard InChI is InChI=1S/C14H18ClN3O3/c1-8(2)13(20)18-11(12(16)19)14(21)17-7-9-3-5-10(15)6-4-9/h3-6,8,17,21H,7H2,1-2H3,(H2,16,19)(H,18,20). The van der Waals surface area contributed by atoms with Gasteiger partial charge in [-0.25, -0.2) is 0 Å². The summed E-state index contributed by atoms with van der Waals surface area (Å²) in [5.41, 5.74) is 5.63. The van der Waals surface area contributed by atoms with Crippen molar-refractivity contribution in [2.24, 2.45) is 11.7 Å². The SMILES string of the molecule is CC(C)C(=O)NC(C(N)=O)=C(O)NCc1ccc(Cl)cc1. The monoisotopic (exact) mass is 311 g/mol. The molecule has 0 unspecified atom stereocenters. The topological polar surface area (TPSA) is 104 Å². The van der Waals surface area contributed by atoms with E-state index in [2.05, 4.69) is 10.6 Å². The van der Waals surface area contributed by atoms with Crippen LogP contribution in [0.15, 0.2) is 35.8 Å². The van der Waals surface area contributed by atoms with Crippen molar-refractivity contribution in [3.8, 4) is 0 Å². The molecule has 114 valence electrons. The largest absolute Gasteiger partial charge is 0.493 e. The van der Waals surface area contributed by atoms with Crippen LogP contribution in [0.4, 0.5) is 0 Å². The highest BCUT2D eigenvalue weighted by Gasteiger charge is 2.17. The zero-order valence-electron chi connectivity index (χ0n) is 11.8. The molecule has 0 spiro atoms. The number of primary amides is 1. The predicted octanol–water partition coefficient (Wildman–Crippen LogP) is 1.41. The smallest absolute Gasteiger partial charge is 0.270 e. The molecule has 0 aliphatic rings. The van der Waals surface area contributed by atoms with E-state index in [1.165, 1.54) is 0 Å². The van der Waals surface area contributed by atoms with Crippen LogP contribution >= 0.6 is 11.6 Å². The molecule has 5 N–H and O–H groups in total. The summed E-state index contributed by atoms with van der Waals surface area (Å²) in [6, 6.07) is 6.93. The number of amides is 2. The third-order valence-corrected chi connectivity index (χ3v) is 2.88. The summed E-state index contributed by atoms with van der Waals surface area (Å²) < 4.78 is 0. The minimum atomic E-state index is -0.926. The molecule has 1 aromatic carbocycles. The van der Waals surface area contributed by atoms with Gasteiger partial charge < -0.3 is 21.5 Å². The first-order valence-electron chi connectivity index (χ1n) is 6.33. The molecule has 0 saturated carbocycles. The molecule has 0 bridgehead atoms. The van der Waals surface area contributed by atoms with Gasteiger partial charge in [-0.1, -0.05) is 37.6 Å². The fourth-order valence-electron chi connectivity index (χ4n) is 1.38. The van der Waals surface area contributed by atoms with E-state index < -0.39 is 17.7 Å². The van der Waals surface area contributed by atoms with Crippen LogP contribution in [0.1, 0.15) is 19.4 Å². The summed E-state index contributed by atoms with van der Waals surface area (Å²) in [7, 11) is 0. The lowest BCUT2D eigenvalue weighted by Gasteiger charge is -2.12. The molecule has 1 rings (SSSR count). The first-order valence-corrected chi connectivity index (χ1v) is 6.71. The Kier molecular flexibility index (Phi) is 6.05. The highest BCUT2D eigenvalue weighted by Crippen LogP contribution is 2.09. The summed E-state index contributed by atoms with van der Waals surface area (Å²) in [5.74, 6) is -2.16. The normalized spacial score (nSPS) is 11.8. The van der Waals surface area contributed by atoms with E-state index in [0.29, 0.717) is 5.02 Å². The number of aliphatic hydroxyl groups is 1. The second-order valence-corrected chi connectivity index (χ2v) is 5.15. The van der Waals surface area contributed by atoms with Crippen LogP contribution in [-0.4, -0.2) is 16.9 Å². The first kappa shape index (κ1) is 16.8. The van der Waals surface area contributed by atoms with Crippen LogP contribution in [0.5, 0.6) is 0 Å². The number of aliphatic hydroxyl groups excluding tert-OH is 1. The van der Waals surface area contributed by atoms with Crippen molar-refractivity contribution in [1.29, 1.82) is 0 Å². The Morgan fingerprint density at radius 2 is 1.86 bits per heavy atom. The molecule has 0 aliphatic heterocycles. The summed E-state index contributed by atoms with van der Waals surface area (Å²) in [5, 5.41) is 15.4. The van der Waals surface area contributed by atoms with Gasteiger partial charge in [-0.3, -0.25) is 9.59 Å². The van der Waals surface area contributed by atoms with Crippen LogP contribution < -0.4 is 16.4 Å². The van der Waals surface area contributed by atoms with Gasteiger partial charge in [0.25, 0.3) is 5.91 Å². The Labute approximate surface area is 128 Å². The van der Waals surface area contributed by atoms with Gasteiger partial charge in [-0.15, -0.1) is 0 Å². The number of nitrogens with one attached hydrogen (secondary N) is 2. The van der Waals surface area contributed by atoms with E-state index in [0.717, 1.165) is 5.56 Å². The molecule has 1 aromatic rings. The molecule has 0 saturated heterocycles. The predicted molar refractivity (Wildman–Crippen MR) is 80.1 cm³/mol. The minimum Gasteiger partial charge on any atom is -0.493 e. The molecule has 7 heteroatoms. The Bertz CT molecular complexity index is 553. The molecular formula is C14H18ClN3O3. The fourth-order valence-corrected chi connectivity index (χ4v) is 1.51. The average Bonchev–Trinajstić information content (AvgIpc) is 2.43. The highest BCUT2D eigenvalue weighted by molar-refractivity contribution is 6.30. The zero-order chi connectivity index (χ0) is 16.0. The number of hydrogen-bond donors (Lipinski definition) is 4. The molecule has 21 heavy (non-hydrogen) atoms. The van der Waals surface area contributed by atoms with Crippen molar-refractivity contribution < 1.29 is 14.7 Å². The zero-order valence-corrected chi connectivity index (χ0v) is 12.6. The quantitative estimate of drug-likeness (QED) is 0.471. The van der Waals surface area contributed by atoms with Gasteiger partial charge in [-0.05, 0) is 17.7 Å². The molecule has 0 atom stereocenters. The van der Waals surface area contributed by atoms with Crippen LogP contribution in [0.2, 0.25) is 5.02 Å². The Balaban J connectivity index is 2.78. The summed E-state index contributed by atoms with van der Waals surface area (Å²) in [6.45, 7) is 3.57. The first-order chi connectivity index (χ1) is 9.81. The summed E-state index contributed by atoms with van der Waals surface area (Å²) in [6.07, 6.45) is 0. The van der Waals surface area contributed by atoms with E-state index in [1.807, 2.05) is 0 Å². The van der Waals surface area contributed by atoms with Gasteiger partial charge in [0.05, 0.1) is 0 Å². The van der Waals surface area contributed by atoms with E-state index in [4.69, 9.17) is 17.3 Å². The summed E-state index contributed by atoms with van der Waals surface area (Å²) in [4.78, 5) is 22.9. The summed E-state index contributed by atoms with van der Waals surface area (Å²) >= 11 is 5.77. The third kappa shape index (κ3) is 5.35. The molecule has 2 amide bonds. The third-order valence-electron chi connectivity index (χ3n) is 2.63. The molecule has 0 aliphatic carbocycles. The molecule has 0 aromatic heterocycles. The van der Waals surface area contributed by atoms with Crippen molar-refractivity contribution in [3.63, 3.8) is 0 Å². The van der Waals surface area contributed by atoms with Gasteiger partial charge >= 0.3 is 0 Å². The number of carbonyl (C=O) groups is 2. The lowest BCUT2D eigenvalue weighted by molar-refractivity contribution is -0.125. The Morgan fingerprint density at radius 1 is 1.29 bits per heavy atom. The number of nitrogens with two attached hydrogens (primary N) is 1. The lowest BCUT2D eigenvalue weighted by Crippen LogP contribution is -2.37. The van der Waals surface area contributed by atoms with Gasteiger partial charge in [0.15, 0.2) is 5.70 Å². The number of halogens is 1. The fraction of sp³-hybridized carbons (Fsp3) is 0.286. The van der Waals surface area contributed by atoms with Crippen LogP contribution in [0, 0.1) is 5.92 Å². The second-order valence-electron chi connectivity index (χ2n) is 4.71. The van der Waals surface area contributed by atoms with Crippen molar-refractivity contribution in [3.05, 3.63) is 46.4 Å². The minimum absolute atomic E-state index is 0.247. The number of rotatable bonds is 6. The van der Waals surface area contributed by atoms with E-state index in [9.17, 15) is 14.7 Å². The maximum absolute atomic E-state index is 11.6. The van der Waals surface area contributed by atoms with E-state index in [-0.39, 0.29) is 18.2 Å². The highest BCUT2D eigenvalue weighted by atomic mass is 35.5. The van der Waals surface area contributed by atoms with Gasteiger partial charge in [-0.2, -0.15) is 0 Å². The van der Waals surface area contributed by atoms with Crippen molar-refractivity contribution in [1.82, 2.24) is 10.6 Å². The lowest BCUT2D eigenvalue weighted by atomic mass is 10.2. The van der Waals surface area contributed by atoms with Crippen LogP contribution in [0.3, 0.4) is 0 Å². The maximum atomic E-state index is 11.6. The average molecular weight is 312 g/mol. The maximum Gasteiger partial charge on any atom is 0.270 e. The number of benzene rings is 1. The van der Waals surface area contributed by atoms with Gasteiger partial charge in [0.2, 0.25) is 11.8 Å². The van der Waals surface area contributed by atoms with Crippen molar-refractivity contribution >= 4 is 23.4 Å². The Hall–Kier alpha value is -2.21. The second kappa shape index (κ2) is 7.54. The molecule has 0 heterocycles. The van der Waals surface area contributed by atoms with Gasteiger partial charge in [0, 0.05) is 17.5 Å². The number of hydrogen-bond acceptors (Lipinski definition) is 4. The van der Waals surface area contributed by atoms with Gasteiger partial charge in [0.1, 0.15) is 0 Å². The van der Waals surface area contributed by atoms with Crippen molar-refractivity contribution in [2.75, 3.05) is 0 Å². The molecule has 0 fully saturated rings. The van der Waals surface area contributed by atoms with E-state index >= 15 is 0 Å². The Morgan fingerprint density at radius 3 is 2.33 bits per heavy atom. The molecular weight excluding hydrogens is 294 g/mol. The number of carbonyl (C=O) groups excluding carboxylic acids is 2. The molecule has 0 radical (unpaired) electrons.